The highest BCUT2D eigenvalue weighted by Crippen LogP contribution is 2.49. The maximum atomic E-state index is 14.3. The number of methoxy groups -OCH3 is 1. The summed E-state index contributed by atoms with van der Waals surface area (Å²) < 4.78 is 19.7. The molecule has 0 bridgehead atoms. The largest absolute Gasteiger partial charge is 0.497 e. The monoisotopic (exact) mass is 494 g/mol. The third-order valence-electron chi connectivity index (χ3n) is 7.82. The molecule has 0 unspecified atom stereocenters. The molecular weight excluding hydrogens is 463 g/mol. The average molecular weight is 495 g/mol. The van der Waals surface area contributed by atoms with Crippen molar-refractivity contribution < 1.29 is 23.8 Å². The van der Waals surface area contributed by atoms with E-state index in [-0.39, 0.29) is 29.6 Å². The van der Waals surface area contributed by atoms with Crippen molar-refractivity contribution in [1.82, 2.24) is 14.8 Å². The van der Waals surface area contributed by atoms with Crippen LogP contribution in [0, 0.1) is 5.82 Å². The number of rotatable bonds is 3. The predicted molar refractivity (Wildman–Crippen MR) is 135 cm³/mol. The van der Waals surface area contributed by atoms with E-state index in [1.54, 1.807) is 42.2 Å². The van der Waals surface area contributed by atoms with Gasteiger partial charge in [-0.25, -0.2) is 9.18 Å². The Kier molecular flexibility index (Phi) is 6.12. The number of aromatic nitrogens is 1. The molecule has 2 N–H and O–H groups in total. The number of fused-ring (bicyclic) bond motifs is 4. The van der Waals surface area contributed by atoms with E-state index in [0.29, 0.717) is 32.5 Å². The highest BCUT2D eigenvalue weighted by atomic mass is 19.1. The van der Waals surface area contributed by atoms with E-state index in [0.717, 1.165) is 27.9 Å². The van der Waals surface area contributed by atoms with Crippen LogP contribution in [0.1, 0.15) is 37.1 Å². The molecule has 1 fully saturated rings. The molecule has 1 atom stereocenters. The van der Waals surface area contributed by atoms with Crippen molar-refractivity contribution in [1.29, 1.82) is 0 Å². The Morgan fingerprint density at radius 3 is 2.58 bits per heavy atom. The molecular formula is C27H31FN4O4. The zero-order valence-corrected chi connectivity index (χ0v) is 20.8. The van der Waals surface area contributed by atoms with Gasteiger partial charge in [-0.05, 0) is 42.7 Å². The lowest BCUT2D eigenvalue weighted by molar-refractivity contribution is -0.134. The Morgan fingerprint density at radius 1 is 1.22 bits per heavy atom. The van der Waals surface area contributed by atoms with E-state index in [1.165, 1.54) is 17.9 Å². The predicted octanol–water partition coefficient (Wildman–Crippen LogP) is 3.80. The van der Waals surface area contributed by atoms with Gasteiger partial charge in [0, 0.05) is 61.7 Å². The first-order valence-electron chi connectivity index (χ1n) is 12.1. The average Bonchev–Trinajstić information content (AvgIpc) is 3.28. The van der Waals surface area contributed by atoms with Gasteiger partial charge in [-0.3, -0.25) is 9.69 Å². The van der Waals surface area contributed by atoms with Gasteiger partial charge < -0.3 is 24.6 Å². The minimum Gasteiger partial charge on any atom is -0.497 e. The second-order valence-corrected chi connectivity index (χ2v) is 9.73. The summed E-state index contributed by atoms with van der Waals surface area (Å²) in [5.41, 5.74) is 2.69. The van der Waals surface area contributed by atoms with E-state index in [4.69, 9.17) is 4.74 Å². The number of hydrogen-bond donors (Lipinski definition) is 2. The van der Waals surface area contributed by atoms with E-state index < -0.39 is 11.9 Å². The highest BCUT2D eigenvalue weighted by Gasteiger charge is 2.48. The van der Waals surface area contributed by atoms with Crippen molar-refractivity contribution >= 4 is 28.5 Å². The number of amides is 3. The number of ether oxygens (including phenoxy) is 1. The topological polar surface area (TPSA) is 89.1 Å². The van der Waals surface area contributed by atoms with Crippen LogP contribution in [0.4, 0.5) is 14.9 Å². The molecule has 36 heavy (non-hydrogen) atoms. The van der Waals surface area contributed by atoms with Gasteiger partial charge in [-0.15, -0.1) is 0 Å². The molecule has 9 heteroatoms. The first-order chi connectivity index (χ1) is 17.3. The van der Waals surface area contributed by atoms with E-state index in [2.05, 4.69) is 4.98 Å². The summed E-state index contributed by atoms with van der Waals surface area (Å²) in [6.07, 6.45) is 1.27. The van der Waals surface area contributed by atoms with Crippen LogP contribution in [-0.2, 0) is 10.2 Å². The fraction of sp³-hybridized carbons (Fsp3) is 0.407. The van der Waals surface area contributed by atoms with Gasteiger partial charge in [0.1, 0.15) is 11.6 Å². The molecule has 0 radical (unpaired) electrons. The van der Waals surface area contributed by atoms with Gasteiger partial charge in [0.15, 0.2) is 0 Å². The zero-order chi connectivity index (χ0) is 25.6. The Labute approximate surface area is 209 Å². The Bertz CT molecular complexity index is 1310. The Morgan fingerprint density at radius 2 is 1.94 bits per heavy atom. The summed E-state index contributed by atoms with van der Waals surface area (Å²) >= 11 is 0. The number of benzene rings is 2. The standard InChI is InChI=1S/C27H31FN4O4/c1-17(34)32-16-27(24-19-9-8-18(36-3)14-21(19)29-25(24)23(32)15-33)10-12-31(13-11-27)26(35)30(2)22-7-5-4-6-20(22)28/h4-9,14,23,29,33H,10-13,15-16H2,1-3H3/t23-/m0/s1. The first-order valence-corrected chi connectivity index (χ1v) is 12.1. The molecule has 3 aromatic rings. The molecule has 0 aliphatic carbocycles. The summed E-state index contributed by atoms with van der Waals surface area (Å²) in [6, 6.07) is 11.4. The maximum Gasteiger partial charge on any atom is 0.324 e. The quantitative estimate of drug-likeness (QED) is 0.580. The second-order valence-electron chi connectivity index (χ2n) is 9.73. The summed E-state index contributed by atoms with van der Waals surface area (Å²) in [5.74, 6) is 0.170. The van der Waals surface area contributed by atoms with E-state index >= 15 is 0 Å². The van der Waals surface area contributed by atoms with Gasteiger partial charge in [0.25, 0.3) is 0 Å². The fourth-order valence-electron chi connectivity index (χ4n) is 5.91. The number of urea groups is 1. The van der Waals surface area contributed by atoms with Crippen LogP contribution in [0.2, 0.25) is 0 Å². The number of anilines is 1. The number of nitrogens with zero attached hydrogens (tertiary/aromatic N) is 3. The van der Waals surface area contributed by atoms with E-state index in [9.17, 15) is 19.1 Å². The van der Waals surface area contributed by atoms with Gasteiger partial charge in [0.05, 0.1) is 25.4 Å². The summed E-state index contributed by atoms with van der Waals surface area (Å²) in [4.78, 5) is 34.2. The lowest BCUT2D eigenvalue weighted by Crippen LogP contribution is -2.56. The SMILES string of the molecule is COc1ccc2c3c([nH]c2c1)[C@H](CO)N(C(C)=O)CC31CCN(C(=O)N(C)c2ccccc2F)CC1. The molecule has 1 spiro atoms. The molecule has 2 aliphatic rings. The first kappa shape index (κ1) is 24.1. The molecule has 1 saturated heterocycles. The van der Waals surface area contributed by atoms with Crippen LogP contribution in [-0.4, -0.2) is 72.2 Å². The van der Waals surface area contributed by atoms with Crippen LogP contribution in [0.25, 0.3) is 10.9 Å². The number of piperidine rings is 1. The normalized spacial score (nSPS) is 18.9. The number of H-pyrrole nitrogens is 1. The Hall–Kier alpha value is -3.59. The summed E-state index contributed by atoms with van der Waals surface area (Å²) in [6.45, 7) is 2.73. The number of aliphatic hydroxyl groups excluding tert-OH is 1. The van der Waals surface area contributed by atoms with Crippen molar-refractivity contribution in [2.45, 2.75) is 31.2 Å². The zero-order valence-electron chi connectivity index (χ0n) is 20.8. The Balaban J connectivity index is 1.49. The smallest absolute Gasteiger partial charge is 0.324 e. The molecule has 2 aromatic carbocycles. The molecule has 3 heterocycles. The number of hydrogen-bond acceptors (Lipinski definition) is 4. The van der Waals surface area contributed by atoms with Gasteiger partial charge in [-0.1, -0.05) is 12.1 Å². The lowest BCUT2D eigenvalue weighted by Gasteiger charge is -2.50. The van der Waals surface area contributed by atoms with Gasteiger partial charge in [-0.2, -0.15) is 0 Å². The molecule has 3 amide bonds. The van der Waals surface area contributed by atoms with Crippen molar-refractivity contribution in [2.75, 3.05) is 45.3 Å². The maximum absolute atomic E-state index is 14.3. The number of carbonyl (C=O) groups is 2. The van der Waals surface area contributed by atoms with Crippen LogP contribution in [0.15, 0.2) is 42.5 Å². The number of carbonyl (C=O) groups excluding carboxylic acids is 2. The molecule has 5 rings (SSSR count). The fourth-order valence-corrected chi connectivity index (χ4v) is 5.91. The minimum absolute atomic E-state index is 0.104. The number of halogens is 1. The van der Waals surface area contributed by atoms with Crippen molar-refractivity contribution in [3.8, 4) is 5.75 Å². The molecule has 2 aliphatic heterocycles. The highest BCUT2D eigenvalue weighted by molar-refractivity contribution is 5.92. The number of aromatic amines is 1. The molecule has 0 saturated carbocycles. The van der Waals surface area contributed by atoms with Crippen molar-refractivity contribution in [3.05, 3.63) is 59.5 Å². The van der Waals surface area contributed by atoms with Crippen LogP contribution in [0.3, 0.4) is 0 Å². The van der Waals surface area contributed by atoms with Crippen LogP contribution in [0.5, 0.6) is 5.75 Å². The van der Waals surface area contributed by atoms with Crippen LogP contribution >= 0.6 is 0 Å². The lowest BCUT2D eigenvalue weighted by atomic mass is 9.68. The van der Waals surface area contributed by atoms with Crippen molar-refractivity contribution in [3.63, 3.8) is 0 Å². The molecule has 8 nitrogen and oxygen atoms in total. The molecule has 1 aromatic heterocycles. The summed E-state index contributed by atoms with van der Waals surface area (Å²) in [5, 5.41) is 11.3. The van der Waals surface area contributed by atoms with E-state index in [1.807, 2.05) is 18.2 Å². The number of nitrogens with one attached hydrogen (secondary N) is 1. The second kappa shape index (κ2) is 9.13. The van der Waals surface area contributed by atoms with Gasteiger partial charge in [0.2, 0.25) is 5.91 Å². The van der Waals surface area contributed by atoms with Crippen LogP contribution < -0.4 is 9.64 Å². The minimum atomic E-state index is -0.464. The number of para-hydroxylation sites is 1. The number of likely N-dealkylation sites (tertiary alicyclic amines) is 1. The van der Waals surface area contributed by atoms with Gasteiger partial charge >= 0.3 is 6.03 Å². The summed E-state index contributed by atoms with van der Waals surface area (Å²) in [7, 11) is 3.20. The van der Waals surface area contributed by atoms with Crippen molar-refractivity contribution in [2.24, 2.45) is 0 Å². The third-order valence-corrected chi connectivity index (χ3v) is 7.82. The molecule has 190 valence electrons. The third kappa shape index (κ3) is 3.78. The number of aliphatic hydroxyl groups is 1.